The van der Waals surface area contributed by atoms with Crippen molar-refractivity contribution in [3.8, 4) is 17.2 Å². The molecule has 1 aliphatic rings. The predicted molar refractivity (Wildman–Crippen MR) is 118 cm³/mol. The first-order valence-electron chi connectivity index (χ1n) is 9.69. The predicted octanol–water partition coefficient (Wildman–Crippen LogP) is 4.66. The van der Waals surface area contributed by atoms with E-state index in [4.69, 9.17) is 4.74 Å². The third kappa shape index (κ3) is 4.63. The summed E-state index contributed by atoms with van der Waals surface area (Å²) in [6, 6.07) is 8.32. The third-order valence-corrected chi connectivity index (χ3v) is 4.99. The number of ketones is 1. The highest BCUT2D eigenvalue weighted by Crippen LogP contribution is 2.34. The molecular weight excluding hydrogens is 380 g/mol. The second-order valence-corrected chi connectivity index (χ2v) is 8.06. The number of rotatable bonds is 6. The van der Waals surface area contributed by atoms with Gasteiger partial charge in [-0.1, -0.05) is 30.4 Å². The number of hydrogen-bond acceptors (Lipinski definition) is 5. The number of fused-ring (bicyclic) bond motifs is 1. The number of benzene rings is 2. The molecule has 0 spiro atoms. The Bertz CT molecular complexity index is 1060. The van der Waals surface area contributed by atoms with Gasteiger partial charge in [-0.3, -0.25) is 4.79 Å². The maximum absolute atomic E-state index is 12.6. The Hall–Kier alpha value is -3.31. The number of hydrogen-bond donors (Lipinski definition) is 3. The number of allylic oxidation sites excluding steroid dienone is 1. The van der Waals surface area contributed by atoms with Crippen LogP contribution in [-0.4, -0.2) is 32.8 Å². The van der Waals surface area contributed by atoms with E-state index in [2.05, 4.69) is 6.58 Å². The summed E-state index contributed by atoms with van der Waals surface area (Å²) in [5, 5.41) is 30.5. The fourth-order valence-electron chi connectivity index (χ4n) is 3.16. The molecular formula is C25H26O5. The second kappa shape index (κ2) is 8.20. The van der Waals surface area contributed by atoms with Gasteiger partial charge in [-0.15, -0.1) is 0 Å². The van der Waals surface area contributed by atoms with Crippen LogP contribution in [0.1, 0.15) is 47.8 Å². The van der Waals surface area contributed by atoms with Crippen LogP contribution in [0.3, 0.4) is 0 Å². The van der Waals surface area contributed by atoms with Gasteiger partial charge in [0, 0.05) is 17.5 Å². The van der Waals surface area contributed by atoms with Crippen molar-refractivity contribution in [1.82, 2.24) is 0 Å². The molecule has 0 saturated heterocycles. The molecule has 0 bridgehead atoms. The topological polar surface area (TPSA) is 87.0 Å². The quantitative estimate of drug-likeness (QED) is 0.369. The second-order valence-electron chi connectivity index (χ2n) is 8.06. The number of carbonyl (C=O) groups excluding carboxylic acids is 1. The normalized spacial score (nSPS) is 15.5. The molecule has 0 unspecified atom stereocenters. The number of phenols is 2. The Morgan fingerprint density at radius 1 is 1.23 bits per heavy atom. The van der Waals surface area contributed by atoms with E-state index in [0.29, 0.717) is 5.57 Å². The summed E-state index contributed by atoms with van der Waals surface area (Å²) in [5.41, 5.74) is 2.05. The lowest BCUT2D eigenvalue weighted by atomic mass is 9.97. The van der Waals surface area contributed by atoms with E-state index in [0.717, 1.165) is 16.9 Å². The molecule has 1 aliphatic heterocycles. The fraction of sp³-hybridized carbons (Fsp3) is 0.240. The molecule has 2 aromatic carbocycles. The van der Waals surface area contributed by atoms with Crippen LogP contribution in [0.2, 0.25) is 0 Å². The molecule has 5 heteroatoms. The third-order valence-electron chi connectivity index (χ3n) is 4.99. The van der Waals surface area contributed by atoms with E-state index in [-0.39, 0.29) is 34.6 Å². The summed E-state index contributed by atoms with van der Waals surface area (Å²) >= 11 is 0. The van der Waals surface area contributed by atoms with Crippen LogP contribution < -0.4 is 4.74 Å². The highest BCUT2D eigenvalue weighted by Gasteiger charge is 2.22. The molecule has 30 heavy (non-hydrogen) atoms. The van der Waals surface area contributed by atoms with Gasteiger partial charge in [-0.05, 0) is 62.8 Å². The van der Waals surface area contributed by atoms with Crippen LogP contribution in [0.4, 0.5) is 0 Å². The lowest BCUT2D eigenvalue weighted by molar-refractivity contribution is 0.104. The van der Waals surface area contributed by atoms with Crippen molar-refractivity contribution < 1.29 is 24.9 Å². The summed E-state index contributed by atoms with van der Waals surface area (Å²) in [6.07, 6.45) is 6.02. The lowest BCUT2D eigenvalue weighted by Crippen LogP contribution is -2.27. The molecule has 0 aromatic heterocycles. The summed E-state index contributed by atoms with van der Waals surface area (Å²) in [6.45, 7) is 9.27. The molecule has 0 aliphatic carbocycles. The number of phenolic OH excluding ortho intramolecular Hbond substituents is 2. The maximum Gasteiger partial charge on any atom is 0.189 e. The molecule has 0 amide bonds. The molecule has 3 rings (SSSR count). The van der Waals surface area contributed by atoms with Crippen molar-refractivity contribution in [1.29, 1.82) is 0 Å². The zero-order valence-corrected chi connectivity index (χ0v) is 17.3. The van der Waals surface area contributed by atoms with Gasteiger partial charge in [0.2, 0.25) is 0 Å². The highest BCUT2D eigenvalue weighted by molar-refractivity contribution is 6.09. The molecule has 156 valence electrons. The number of aliphatic hydroxyl groups is 1. The molecule has 3 N–H and O–H groups in total. The summed E-state index contributed by atoms with van der Waals surface area (Å²) in [7, 11) is 0. The summed E-state index contributed by atoms with van der Waals surface area (Å²) < 4.78 is 5.90. The van der Waals surface area contributed by atoms with Crippen LogP contribution in [0.15, 0.2) is 54.6 Å². The van der Waals surface area contributed by atoms with Crippen molar-refractivity contribution in [2.75, 3.05) is 0 Å². The van der Waals surface area contributed by atoms with Crippen molar-refractivity contribution in [2.45, 2.75) is 38.9 Å². The minimum atomic E-state index is -0.932. The largest absolute Gasteiger partial charge is 0.508 e. The van der Waals surface area contributed by atoms with E-state index in [1.807, 2.05) is 44.2 Å². The Morgan fingerprint density at radius 2 is 1.97 bits per heavy atom. The first kappa shape index (κ1) is 21.4. The minimum Gasteiger partial charge on any atom is -0.508 e. The van der Waals surface area contributed by atoms with Crippen molar-refractivity contribution in [3.63, 3.8) is 0 Å². The van der Waals surface area contributed by atoms with Crippen LogP contribution >= 0.6 is 0 Å². The number of carbonyl (C=O) groups is 1. The minimum absolute atomic E-state index is 0.0364. The molecule has 1 heterocycles. The lowest BCUT2D eigenvalue weighted by Gasteiger charge is -2.27. The average molecular weight is 406 g/mol. The summed E-state index contributed by atoms with van der Waals surface area (Å²) in [5.74, 6) is -0.154. The summed E-state index contributed by atoms with van der Waals surface area (Å²) in [4.78, 5) is 12.6. The van der Waals surface area contributed by atoms with Gasteiger partial charge in [0.25, 0.3) is 0 Å². The number of ether oxygens (including phenoxy) is 1. The van der Waals surface area contributed by atoms with E-state index >= 15 is 0 Å². The van der Waals surface area contributed by atoms with Crippen LogP contribution in [-0.2, 0) is 6.42 Å². The van der Waals surface area contributed by atoms with E-state index in [9.17, 15) is 20.1 Å². The van der Waals surface area contributed by atoms with Crippen molar-refractivity contribution in [3.05, 3.63) is 76.9 Å². The van der Waals surface area contributed by atoms with Gasteiger partial charge in [0.15, 0.2) is 5.78 Å². The van der Waals surface area contributed by atoms with Gasteiger partial charge in [-0.2, -0.15) is 0 Å². The maximum atomic E-state index is 12.6. The zero-order chi connectivity index (χ0) is 22.1. The average Bonchev–Trinajstić information content (AvgIpc) is 2.68. The fourth-order valence-corrected chi connectivity index (χ4v) is 3.16. The Kier molecular flexibility index (Phi) is 5.85. The molecule has 0 saturated carbocycles. The molecule has 0 fully saturated rings. The van der Waals surface area contributed by atoms with E-state index in [1.54, 1.807) is 13.0 Å². The standard InChI is InChI=1S/C25H26O5/c1-15(2)22(28)14-19-21(27)9-7-18(24(19)29)20(26)8-5-16-6-10-23-17(13-16)11-12-25(3,4)30-23/h5-13,22,27-29H,1,14H2,2-4H3/t22-/m1/s1. The van der Waals surface area contributed by atoms with Gasteiger partial charge in [-0.25, -0.2) is 0 Å². The zero-order valence-electron chi connectivity index (χ0n) is 17.3. The van der Waals surface area contributed by atoms with Gasteiger partial charge in [0.05, 0.1) is 11.7 Å². The van der Waals surface area contributed by atoms with E-state index in [1.165, 1.54) is 18.2 Å². The van der Waals surface area contributed by atoms with Gasteiger partial charge in [0.1, 0.15) is 22.8 Å². The van der Waals surface area contributed by atoms with Crippen LogP contribution in [0, 0.1) is 0 Å². The molecule has 5 nitrogen and oxygen atoms in total. The Balaban J connectivity index is 1.83. The highest BCUT2D eigenvalue weighted by atomic mass is 16.5. The Labute approximate surface area is 176 Å². The molecule has 2 aromatic rings. The first-order valence-corrected chi connectivity index (χ1v) is 9.69. The molecule has 1 atom stereocenters. The number of aromatic hydroxyl groups is 2. The van der Waals surface area contributed by atoms with Gasteiger partial charge < -0.3 is 20.1 Å². The van der Waals surface area contributed by atoms with Gasteiger partial charge >= 0.3 is 0 Å². The van der Waals surface area contributed by atoms with Crippen LogP contribution in [0.5, 0.6) is 17.2 Å². The van der Waals surface area contributed by atoms with Crippen LogP contribution in [0.25, 0.3) is 12.2 Å². The van der Waals surface area contributed by atoms with E-state index < -0.39 is 11.9 Å². The smallest absolute Gasteiger partial charge is 0.189 e. The van der Waals surface area contributed by atoms with Crippen molar-refractivity contribution in [2.24, 2.45) is 0 Å². The number of aliphatic hydroxyl groups excluding tert-OH is 1. The SMILES string of the molecule is C=C(C)[C@H](O)Cc1c(O)ccc(C(=O)C=Cc2ccc3c(c2)C=CC(C)(C)O3)c1O. The first-order chi connectivity index (χ1) is 14.1. The Morgan fingerprint density at radius 3 is 2.67 bits per heavy atom. The van der Waals surface area contributed by atoms with Crippen molar-refractivity contribution >= 4 is 17.9 Å². The monoisotopic (exact) mass is 406 g/mol. The molecule has 0 radical (unpaired) electrons.